The number of hydrogen-bond donors (Lipinski definition) is 1. The fourth-order valence-corrected chi connectivity index (χ4v) is 1.22. The number of rotatable bonds is 4. The molecule has 1 unspecified atom stereocenters. The van der Waals surface area contributed by atoms with Gasteiger partial charge in [0.25, 0.3) is 5.69 Å². The van der Waals surface area contributed by atoms with Crippen molar-refractivity contribution in [2.45, 2.75) is 20.0 Å². The molecule has 0 fully saturated rings. The van der Waals surface area contributed by atoms with Crippen molar-refractivity contribution in [3.05, 3.63) is 57.3 Å². The first kappa shape index (κ1) is 13.8. The van der Waals surface area contributed by atoms with Crippen molar-refractivity contribution in [3.63, 3.8) is 0 Å². The molecule has 18 heavy (non-hydrogen) atoms. The van der Waals surface area contributed by atoms with Gasteiger partial charge in [-0.25, -0.2) is 0 Å². The van der Waals surface area contributed by atoms with Crippen LogP contribution in [0, 0.1) is 10.1 Å². The number of nitrogens with zero attached hydrogens (tertiary/aromatic N) is 1. The zero-order valence-electron chi connectivity index (χ0n) is 10.1. The van der Waals surface area contributed by atoms with E-state index in [2.05, 4.69) is 5.73 Å². The van der Waals surface area contributed by atoms with Crippen molar-refractivity contribution in [1.82, 2.24) is 0 Å². The maximum absolute atomic E-state index is 10.9. The van der Waals surface area contributed by atoms with Gasteiger partial charge in [-0.1, -0.05) is 12.1 Å². The van der Waals surface area contributed by atoms with Crippen LogP contribution in [0.15, 0.2) is 41.6 Å². The molecule has 0 aromatic heterocycles. The van der Waals surface area contributed by atoms with Gasteiger partial charge in [-0.2, -0.15) is 0 Å². The number of nitro benzene ring substituents is 1. The van der Waals surface area contributed by atoms with Gasteiger partial charge in [0.2, 0.25) is 0 Å². The topological polar surface area (TPSA) is 80.4 Å². The molecular weight excluding hydrogens is 234 g/mol. The van der Waals surface area contributed by atoms with Crippen LogP contribution in [0.1, 0.15) is 25.5 Å². The standard InChI is InChI=1S/C13H13NO4/c1-9(10(2)15)6-7-13(16)11-4-3-5-12(8-11)14(17)18/h3-5,7-8,13,16H,1-2H3. The molecule has 0 heterocycles. The lowest BCUT2D eigenvalue weighted by molar-refractivity contribution is -0.385. The van der Waals surface area contributed by atoms with Crippen molar-refractivity contribution >= 4 is 11.5 Å². The molecule has 0 bridgehead atoms. The van der Waals surface area contributed by atoms with Gasteiger partial charge in [-0.3, -0.25) is 14.9 Å². The number of carbonyl (C=O) groups excluding carboxylic acids is 1. The van der Waals surface area contributed by atoms with Gasteiger partial charge >= 0.3 is 0 Å². The summed E-state index contributed by atoms with van der Waals surface area (Å²) >= 11 is 0. The van der Waals surface area contributed by atoms with Crippen LogP contribution in [0.5, 0.6) is 0 Å². The molecule has 1 rings (SSSR count). The van der Waals surface area contributed by atoms with E-state index in [0.717, 1.165) is 0 Å². The Kier molecular flexibility index (Phi) is 4.54. The van der Waals surface area contributed by atoms with E-state index in [1.165, 1.54) is 31.2 Å². The van der Waals surface area contributed by atoms with Crippen molar-refractivity contribution < 1.29 is 14.8 Å². The number of benzene rings is 1. The van der Waals surface area contributed by atoms with E-state index in [-0.39, 0.29) is 11.5 Å². The zero-order chi connectivity index (χ0) is 13.7. The van der Waals surface area contributed by atoms with E-state index in [9.17, 15) is 20.0 Å². The van der Waals surface area contributed by atoms with Crippen LogP contribution in [-0.2, 0) is 4.79 Å². The molecule has 94 valence electrons. The Morgan fingerprint density at radius 2 is 2.17 bits per heavy atom. The summed E-state index contributed by atoms with van der Waals surface area (Å²) in [6.45, 7) is 2.98. The third kappa shape index (κ3) is 3.66. The van der Waals surface area contributed by atoms with E-state index in [0.29, 0.717) is 11.1 Å². The first-order valence-electron chi connectivity index (χ1n) is 5.28. The van der Waals surface area contributed by atoms with Crippen molar-refractivity contribution in [3.8, 4) is 0 Å². The lowest BCUT2D eigenvalue weighted by Gasteiger charge is -2.04. The Hall–Kier alpha value is -2.23. The highest BCUT2D eigenvalue weighted by molar-refractivity contribution is 5.92. The molecule has 1 aromatic rings. The van der Waals surface area contributed by atoms with Crippen molar-refractivity contribution in [2.24, 2.45) is 0 Å². The van der Waals surface area contributed by atoms with Crippen molar-refractivity contribution in [1.29, 1.82) is 0 Å². The Labute approximate surface area is 104 Å². The first-order valence-corrected chi connectivity index (χ1v) is 5.28. The SMILES string of the molecule is CC(=O)C(C)=C=CC(O)c1cccc([N+](=O)[O-])c1. The van der Waals surface area contributed by atoms with Crippen LogP contribution in [-0.4, -0.2) is 15.8 Å². The van der Waals surface area contributed by atoms with Gasteiger partial charge in [0.15, 0.2) is 5.78 Å². The van der Waals surface area contributed by atoms with Gasteiger partial charge in [0.1, 0.15) is 6.10 Å². The number of carbonyl (C=O) groups is 1. The minimum atomic E-state index is -1.03. The normalized spacial score (nSPS) is 11.3. The van der Waals surface area contributed by atoms with Crippen LogP contribution in [0.2, 0.25) is 0 Å². The van der Waals surface area contributed by atoms with E-state index >= 15 is 0 Å². The summed E-state index contributed by atoms with van der Waals surface area (Å²) in [5, 5.41) is 20.4. The maximum atomic E-state index is 10.9. The molecule has 5 heteroatoms. The zero-order valence-corrected chi connectivity index (χ0v) is 10.1. The average Bonchev–Trinajstić information content (AvgIpc) is 2.35. The average molecular weight is 247 g/mol. The number of hydrogen-bond acceptors (Lipinski definition) is 4. The minimum absolute atomic E-state index is 0.0905. The Balaban J connectivity index is 3.01. The molecule has 0 radical (unpaired) electrons. The van der Waals surface area contributed by atoms with E-state index in [1.807, 2.05) is 0 Å². The van der Waals surface area contributed by atoms with Gasteiger partial charge < -0.3 is 5.11 Å². The predicted molar refractivity (Wildman–Crippen MR) is 66.0 cm³/mol. The molecule has 0 spiro atoms. The molecule has 1 N–H and O–H groups in total. The highest BCUT2D eigenvalue weighted by Crippen LogP contribution is 2.19. The fraction of sp³-hybridized carbons (Fsp3) is 0.231. The number of aliphatic hydroxyl groups is 1. The van der Waals surface area contributed by atoms with Crippen LogP contribution in [0.25, 0.3) is 0 Å². The second-order valence-corrected chi connectivity index (χ2v) is 3.79. The molecule has 5 nitrogen and oxygen atoms in total. The molecule has 0 saturated heterocycles. The second-order valence-electron chi connectivity index (χ2n) is 3.79. The number of Topliss-reactive ketones (excluding diaryl/α,β-unsaturated/α-hetero) is 1. The molecule has 0 saturated carbocycles. The van der Waals surface area contributed by atoms with E-state index < -0.39 is 11.0 Å². The molecule has 0 aliphatic heterocycles. The van der Waals surface area contributed by atoms with Gasteiger partial charge in [0, 0.05) is 17.7 Å². The largest absolute Gasteiger partial charge is 0.384 e. The van der Waals surface area contributed by atoms with Crippen LogP contribution in [0.4, 0.5) is 5.69 Å². The Morgan fingerprint density at radius 1 is 1.50 bits per heavy atom. The number of ketones is 1. The third-order valence-electron chi connectivity index (χ3n) is 2.41. The van der Waals surface area contributed by atoms with Crippen molar-refractivity contribution in [2.75, 3.05) is 0 Å². The summed E-state index contributed by atoms with van der Waals surface area (Å²) in [5.74, 6) is -0.141. The molecule has 1 atom stereocenters. The molecule has 0 aliphatic carbocycles. The predicted octanol–water partition coefficient (Wildman–Crippen LogP) is 2.32. The summed E-state index contributed by atoms with van der Waals surface area (Å²) in [6.07, 6.45) is 0.273. The maximum Gasteiger partial charge on any atom is 0.269 e. The fourth-order valence-electron chi connectivity index (χ4n) is 1.22. The highest BCUT2D eigenvalue weighted by atomic mass is 16.6. The van der Waals surface area contributed by atoms with Crippen LogP contribution >= 0.6 is 0 Å². The number of aliphatic hydroxyl groups excluding tert-OH is 1. The lowest BCUT2D eigenvalue weighted by atomic mass is 10.1. The Morgan fingerprint density at radius 3 is 2.72 bits per heavy atom. The summed E-state index contributed by atoms with van der Waals surface area (Å²) in [6, 6.07) is 5.69. The van der Waals surface area contributed by atoms with Gasteiger partial charge in [-0.15, -0.1) is 5.73 Å². The number of nitro groups is 1. The molecule has 0 amide bonds. The van der Waals surface area contributed by atoms with Crippen LogP contribution in [0.3, 0.4) is 0 Å². The third-order valence-corrected chi connectivity index (χ3v) is 2.41. The smallest absolute Gasteiger partial charge is 0.269 e. The molecule has 1 aromatic carbocycles. The minimum Gasteiger partial charge on any atom is -0.384 e. The number of non-ortho nitro benzene ring substituents is 1. The monoisotopic (exact) mass is 247 g/mol. The Bertz CT molecular complexity index is 542. The van der Waals surface area contributed by atoms with E-state index in [1.54, 1.807) is 13.0 Å². The quantitative estimate of drug-likeness (QED) is 0.383. The van der Waals surface area contributed by atoms with E-state index in [4.69, 9.17) is 0 Å². The van der Waals surface area contributed by atoms with Gasteiger partial charge in [0.05, 0.1) is 4.92 Å². The lowest BCUT2D eigenvalue weighted by Crippen LogP contribution is -1.95. The summed E-state index contributed by atoms with van der Waals surface area (Å²) in [7, 11) is 0. The van der Waals surface area contributed by atoms with Gasteiger partial charge in [-0.05, 0) is 25.5 Å². The first-order chi connectivity index (χ1) is 8.41. The summed E-state index contributed by atoms with van der Waals surface area (Å²) in [4.78, 5) is 21.0. The second kappa shape index (κ2) is 5.91. The summed E-state index contributed by atoms with van der Waals surface area (Å²) < 4.78 is 0. The molecule has 0 aliphatic rings. The summed E-state index contributed by atoms with van der Waals surface area (Å²) in [5.41, 5.74) is 3.33. The highest BCUT2D eigenvalue weighted by Gasteiger charge is 2.09. The molecular formula is C13H13NO4. The van der Waals surface area contributed by atoms with Crippen LogP contribution < -0.4 is 0 Å².